The average Bonchev–Trinajstić information content (AvgIpc) is 2.48. The molecule has 0 bridgehead atoms. The van der Waals surface area contributed by atoms with E-state index < -0.39 is 0 Å². The number of nitrogens with zero attached hydrogens (tertiary/aromatic N) is 1. The van der Waals surface area contributed by atoms with Gasteiger partial charge in [0.05, 0.1) is 6.61 Å². The Morgan fingerprint density at radius 2 is 2.46 bits per heavy atom. The van der Waals surface area contributed by atoms with Crippen LogP contribution in [0.3, 0.4) is 0 Å². The van der Waals surface area contributed by atoms with Gasteiger partial charge in [-0.05, 0) is 18.1 Å². The van der Waals surface area contributed by atoms with Crippen LogP contribution in [0.15, 0.2) is 12.3 Å². The fraction of sp³-hybridized carbons (Fsp3) is 0.444. The molecule has 2 heterocycles. The Hall–Kier alpha value is -1.29. The third kappa shape index (κ3) is 1.45. The lowest BCUT2D eigenvalue weighted by atomic mass is 10.3. The molecule has 0 fully saturated rings. The van der Waals surface area contributed by atoms with Crippen LogP contribution in [0.5, 0.6) is 0 Å². The lowest BCUT2D eigenvalue weighted by Gasteiger charge is -1.99. The van der Waals surface area contributed by atoms with Gasteiger partial charge in [-0.15, -0.1) is 0 Å². The number of aromatic nitrogens is 1. The third-order valence-electron chi connectivity index (χ3n) is 2.23. The van der Waals surface area contributed by atoms with Crippen molar-refractivity contribution >= 4 is 5.91 Å². The monoisotopic (exact) mass is 180 g/mol. The molecule has 2 N–H and O–H groups in total. The molecule has 1 aliphatic rings. The molecule has 13 heavy (non-hydrogen) atoms. The Morgan fingerprint density at radius 1 is 1.62 bits per heavy atom. The predicted octanol–water partition coefficient (Wildman–Crippen LogP) is 0.114. The molecule has 1 aliphatic heterocycles. The highest BCUT2D eigenvalue weighted by Gasteiger charge is 2.15. The summed E-state index contributed by atoms with van der Waals surface area (Å²) in [6.07, 6.45) is 2.78. The second-order valence-electron chi connectivity index (χ2n) is 3.19. The first-order chi connectivity index (χ1) is 6.31. The summed E-state index contributed by atoms with van der Waals surface area (Å²) in [5, 5.41) is 11.7. The molecule has 0 radical (unpaired) electrons. The maximum absolute atomic E-state index is 11.4. The molecule has 0 unspecified atom stereocenters. The largest absolute Gasteiger partial charge is 0.392 e. The van der Waals surface area contributed by atoms with E-state index in [2.05, 4.69) is 5.32 Å². The van der Waals surface area contributed by atoms with Gasteiger partial charge in [0.1, 0.15) is 5.69 Å². The smallest absolute Gasteiger partial charge is 0.267 e. The SMILES string of the molecule is O=C1NCCCn2cc(CO)cc21. The Labute approximate surface area is 76.2 Å². The van der Waals surface area contributed by atoms with Gasteiger partial charge in [0.15, 0.2) is 0 Å². The van der Waals surface area contributed by atoms with Gasteiger partial charge in [-0.2, -0.15) is 0 Å². The van der Waals surface area contributed by atoms with Crippen molar-refractivity contribution in [1.82, 2.24) is 9.88 Å². The van der Waals surface area contributed by atoms with E-state index in [1.165, 1.54) is 0 Å². The van der Waals surface area contributed by atoms with E-state index in [1.54, 1.807) is 6.07 Å². The van der Waals surface area contributed by atoms with Gasteiger partial charge in [-0.3, -0.25) is 4.79 Å². The first-order valence-electron chi connectivity index (χ1n) is 4.39. The van der Waals surface area contributed by atoms with Crippen molar-refractivity contribution in [3.8, 4) is 0 Å². The molecule has 0 aromatic carbocycles. The van der Waals surface area contributed by atoms with Crippen molar-refractivity contribution in [3.63, 3.8) is 0 Å². The molecule has 1 amide bonds. The summed E-state index contributed by atoms with van der Waals surface area (Å²) in [5.74, 6) is -0.0443. The molecule has 1 aromatic rings. The number of aliphatic hydroxyl groups excluding tert-OH is 1. The van der Waals surface area contributed by atoms with Crippen LogP contribution in [0.2, 0.25) is 0 Å². The summed E-state index contributed by atoms with van der Waals surface area (Å²) in [5.41, 5.74) is 1.45. The van der Waals surface area contributed by atoms with Gasteiger partial charge in [0.2, 0.25) is 0 Å². The molecule has 0 saturated heterocycles. The summed E-state index contributed by atoms with van der Waals surface area (Å²) < 4.78 is 1.90. The Morgan fingerprint density at radius 3 is 3.23 bits per heavy atom. The van der Waals surface area contributed by atoms with E-state index in [0.717, 1.165) is 25.1 Å². The first-order valence-corrected chi connectivity index (χ1v) is 4.39. The van der Waals surface area contributed by atoms with Crippen LogP contribution in [0.4, 0.5) is 0 Å². The predicted molar refractivity (Wildman–Crippen MR) is 47.3 cm³/mol. The Kier molecular flexibility index (Phi) is 2.06. The molecule has 0 aliphatic carbocycles. The van der Waals surface area contributed by atoms with Crippen LogP contribution in [-0.2, 0) is 13.2 Å². The van der Waals surface area contributed by atoms with Gasteiger partial charge in [0, 0.05) is 19.3 Å². The highest BCUT2D eigenvalue weighted by Crippen LogP contribution is 2.11. The Balaban J connectivity index is 2.39. The van der Waals surface area contributed by atoms with Crippen molar-refractivity contribution in [1.29, 1.82) is 0 Å². The third-order valence-corrected chi connectivity index (χ3v) is 2.23. The molecular formula is C9H12N2O2. The van der Waals surface area contributed by atoms with Crippen LogP contribution in [-0.4, -0.2) is 22.1 Å². The van der Waals surface area contributed by atoms with E-state index in [4.69, 9.17) is 5.11 Å². The second kappa shape index (κ2) is 3.22. The van der Waals surface area contributed by atoms with Gasteiger partial charge >= 0.3 is 0 Å². The molecule has 1 aromatic heterocycles. The number of nitrogens with one attached hydrogen (secondary N) is 1. The van der Waals surface area contributed by atoms with E-state index in [1.807, 2.05) is 10.8 Å². The quantitative estimate of drug-likeness (QED) is 0.644. The minimum absolute atomic E-state index is 0.00667. The minimum Gasteiger partial charge on any atom is -0.392 e. The normalized spacial score (nSPS) is 16.2. The van der Waals surface area contributed by atoms with Gasteiger partial charge < -0.3 is 15.0 Å². The highest BCUT2D eigenvalue weighted by molar-refractivity contribution is 5.93. The molecule has 4 heteroatoms. The van der Waals surface area contributed by atoms with Crippen LogP contribution < -0.4 is 5.32 Å². The number of rotatable bonds is 1. The van der Waals surface area contributed by atoms with E-state index in [0.29, 0.717) is 5.69 Å². The zero-order chi connectivity index (χ0) is 9.26. The van der Waals surface area contributed by atoms with Crippen LogP contribution in [0.1, 0.15) is 22.5 Å². The lowest BCUT2D eigenvalue weighted by Crippen LogP contribution is -2.22. The molecule has 0 atom stereocenters. The average molecular weight is 180 g/mol. The van der Waals surface area contributed by atoms with Crippen LogP contribution >= 0.6 is 0 Å². The van der Waals surface area contributed by atoms with Crippen molar-refractivity contribution in [2.75, 3.05) is 6.54 Å². The highest BCUT2D eigenvalue weighted by atomic mass is 16.3. The maximum Gasteiger partial charge on any atom is 0.267 e. The number of hydrogen-bond donors (Lipinski definition) is 2. The zero-order valence-electron chi connectivity index (χ0n) is 7.29. The molecule has 4 nitrogen and oxygen atoms in total. The van der Waals surface area contributed by atoms with Crippen LogP contribution in [0.25, 0.3) is 0 Å². The second-order valence-corrected chi connectivity index (χ2v) is 3.19. The Bertz CT molecular complexity index is 330. The summed E-state index contributed by atoms with van der Waals surface area (Å²) >= 11 is 0. The van der Waals surface area contributed by atoms with Gasteiger partial charge in [0.25, 0.3) is 5.91 Å². The molecule has 0 saturated carbocycles. The maximum atomic E-state index is 11.4. The summed E-state index contributed by atoms with van der Waals surface area (Å²) in [6, 6.07) is 1.74. The van der Waals surface area contributed by atoms with Crippen LogP contribution in [0, 0.1) is 0 Å². The van der Waals surface area contributed by atoms with Crippen molar-refractivity contribution in [2.24, 2.45) is 0 Å². The van der Waals surface area contributed by atoms with Crippen molar-refractivity contribution in [2.45, 2.75) is 19.6 Å². The number of fused-ring (bicyclic) bond motifs is 1. The van der Waals surface area contributed by atoms with Crippen molar-refractivity contribution in [3.05, 3.63) is 23.5 Å². The number of amides is 1. The standard InChI is InChI=1S/C9H12N2O2/c12-6-7-4-8-9(13)10-2-1-3-11(8)5-7/h4-5,12H,1-3,6H2,(H,10,13). The van der Waals surface area contributed by atoms with Gasteiger partial charge in [-0.25, -0.2) is 0 Å². The van der Waals surface area contributed by atoms with Crippen molar-refractivity contribution < 1.29 is 9.90 Å². The fourth-order valence-corrected chi connectivity index (χ4v) is 1.57. The minimum atomic E-state index is -0.0443. The lowest BCUT2D eigenvalue weighted by molar-refractivity contribution is 0.0951. The molecular weight excluding hydrogens is 168 g/mol. The molecule has 2 rings (SSSR count). The van der Waals surface area contributed by atoms with E-state index in [9.17, 15) is 4.79 Å². The summed E-state index contributed by atoms with van der Waals surface area (Å²) in [4.78, 5) is 11.4. The number of carbonyl (C=O) groups excluding carboxylic acids is 1. The summed E-state index contributed by atoms with van der Waals surface area (Å²) in [6.45, 7) is 1.57. The van der Waals surface area contributed by atoms with Gasteiger partial charge in [-0.1, -0.05) is 0 Å². The fourth-order valence-electron chi connectivity index (χ4n) is 1.57. The zero-order valence-corrected chi connectivity index (χ0v) is 7.29. The number of hydrogen-bond acceptors (Lipinski definition) is 2. The topological polar surface area (TPSA) is 54.3 Å². The number of aliphatic hydroxyl groups is 1. The van der Waals surface area contributed by atoms with E-state index >= 15 is 0 Å². The first kappa shape index (κ1) is 8.31. The number of carbonyl (C=O) groups is 1. The van der Waals surface area contributed by atoms with E-state index in [-0.39, 0.29) is 12.5 Å². The summed E-state index contributed by atoms with van der Waals surface area (Å²) in [7, 11) is 0. The molecule has 0 spiro atoms. The number of aryl methyl sites for hydroxylation is 1. The molecule has 70 valence electrons.